The van der Waals surface area contributed by atoms with Gasteiger partial charge in [-0.25, -0.2) is 4.98 Å². The van der Waals surface area contributed by atoms with Crippen LogP contribution in [0.1, 0.15) is 23.4 Å². The number of carbonyl (C=O) groups is 1. The molecule has 4 nitrogen and oxygen atoms in total. The molecule has 1 atom stereocenters. The van der Waals surface area contributed by atoms with Crippen LogP contribution in [0.2, 0.25) is 0 Å². The van der Waals surface area contributed by atoms with Gasteiger partial charge in [0.2, 0.25) is 5.91 Å². The monoisotopic (exact) mass is 363 g/mol. The second-order valence-corrected chi connectivity index (χ2v) is 7.70. The Labute approximate surface area is 157 Å². The number of fused-ring (bicyclic) bond motifs is 1. The highest BCUT2D eigenvalue weighted by molar-refractivity contribution is 8.00. The van der Waals surface area contributed by atoms with Crippen molar-refractivity contribution in [3.63, 3.8) is 0 Å². The molecule has 0 radical (unpaired) electrons. The Hall–Kier alpha value is -2.53. The van der Waals surface area contributed by atoms with Gasteiger partial charge in [0.25, 0.3) is 0 Å². The van der Waals surface area contributed by atoms with Crippen molar-refractivity contribution in [2.24, 2.45) is 0 Å². The second-order valence-electron chi connectivity index (χ2n) is 6.53. The number of amides is 1. The van der Waals surface area contributed by atoms with Crippen LogP contribution in [0.5, 0.6) is 0 Å². The van der Waals surface area contributed by atoms with Gasteiger partial charge in [0.1, 0.15) is 0 Å². The van der Waals surface area contributed by atoms with E-state index in [2.05, 4.69) is 35.0 Å². The van der Waals surface area contributed by atoms with Crippen molar-refractivity contribution in [1.82, 2.24) is 9.55 Å². The van der Waals surface area contributed by atoms with Gasteiger partial charge in [0.15, 0.2) is 5.16 Å². The molecule has 0 fully saturated rings. The number of aryl methyl sites for hydroxylation is 2. The predicted molar refractivity (Wildman–Crippen MR) is 106 cm³/mol. The summed E-state index contributed by atoms with van der Waals surface area (Å²) in [6, 6.07) is 18.2. The summed E-state index contributed by atoms with van der Waals surface area (Å²) < 4.78 is 2.14. The summed E-state index contributed by atoms with van der Waals surface area (Å²) in [5, 5.41) is 3.79. The van der Waals surface area contributed by atoms with E-state index in [4.69, 9.17) is 4.98 Å². The third-order valence-corrected chi connectivity index (χ3v) is 6.04. The summed E-state index contributed by atoms with van der Waals surface area (Å²) in [6.45, 7) is 4.09. The number of rotatable bonds is 3. The molecule has 1 aliphatic heterocycles. The van der Waals surface area contributed by atoms with Gasteiger partial charge in [-0.3, -0.25) is 9.36 Å². The summed E-state index contributed by atoms with van der Waals surface area (Å²) in [5.74, 6) is 0.0536. The largest absolute Gasteiger partial charge is 0.325 e. The van der Waals surface area contributed by atoms with Gasteiger partial charge in [-0.1, -0.05) is 48.2 Å². The van der Waals surface area contributed by atoms with Crippen molar-refractivity contribution in [3.8, 4) is 5.69 Å². The van der Waals surface area contributed by atoms with E-state index in [1.165, 1.54) is 5.56 Å². The minimum atomic E-state index is -0.161. The number of nitrogens with one attached hydrogen (secondary N) is 1. The van der Waals surface area contributed by atoms with Gasteiger partial charge in [-0.2, -0.15) is 0 Å². The van der Waals surface area contributed by atoms with Gasteiger partial charge >= 0.3 is 0 Å². The van der Waals surface area contributed by atoms with Crippen LogP contribution in [-0.4, -0.2) is 20.7 Å². The van der Waals surface area contributed by atoms with E-state index in [1.54, 1.807) is 11.8 Å². The average molecular weight is 363 g/mol. The van der Waals surface area contributed by atoms with Crippen molar-refractivity contribution in [1.29, 1.82) is 0 Å². The molecule has 26 heavy (non-hydrogen) atoms. The smallest absolute Gasteiger partial charge is 0.237 e. The van der Waals surface area contributed by atoms with Gasteiger partial charge in [-0.15, -0.1) is 0 Å². The fourth-order valence-corrected chi connectivity index (χ4v) is 4.46. The zero-order valence-corrected chi connectivity index (χ0v) is 15.7. The van der Waals surface area contributed by atoms with E-state index in [0.717, 1.165) is 40.8 Å². The zero-order chi connectivity index (χ0) is 18.1. The van der Waals surface area contributed by atoms with Gasteiger partial charge < -0.3 is 5.32 Å². The molecule has 2 aromatic carbocycles. The van der Waals surface area contributed by atoms with E-state index in [1.807, 2.05) is 43.3 Å². The fraction of sp³-hybridized carbons (Fsp3) is 0.238. The standard InChI is InChI=1S/C21H21N3OS/c1-14-15(2)24(17-9-4-3-5-10-17)21(22-14)26-19-13-12-16-8-6-7-11-18(16)23-20(19)25/h3-11,19H,12-13H2,1-2H3,(H,23,25)/t19-/m1/s1. The third-order valence-electron chi connectivity index (χ3n) is 4.82. The molecule has 4 rings (SSSR count). The number of hydrogen-bond acceptors (Lipinski definition) is 3. The number of anilines is 1. The van der Waals surface area contributed by atoms with E-state index >= 15 is 0 Å². The highest BCUT2D eigenvalue weighted by Crippen LogP contribution is 2.33. The number of aromatic nitrogens is 2. The van der Waals surface area contributed by atoms with Crippen molar-refractivity contribution in [3.05, 3.63) is 71.5 Å². The van der Waals surface area contributed by atoms with Gasteiger partial charge in [0, 0.05) is 17.1 Å². The number of hydrogen-bond donors (Lipinski definition) is 1. The molecule has 2 heterocycles. The zero-order valence-electron chi connectivity index (χ0n) is 14.9. The van der Waals surface area contributed by atoms with Crippen LogP contribution in [0, 0.1) is 13.8 Å². The summed E-state index contributed by atoms with van der Waals surface area (Å²) in [6.07, 6.45) is 1.68. The first-order valence-corrected chi connectivity index (χ1v) is 9.68. The number of thioether (sulfide) groups is 1. The molecule has 0 unspecified atom stereocenters. The minimum absolute atomic E-state index is 0.0536. The van der Waals surface area contributed by atoms with Crippen LogP contribution in [0.15, 0.2) is 59.8 Å². The Morgan fingerprint density at radius 2 is 1.81 bits per heavy atom. The van der Waals surface area contributed by atoms with Crippen molar-refractivity contribution < 1.29 is 4.79 Å². The summed E-state index contributed by atoms with van der Waals surface area (Å²) >= 11 is 1.55. The van der Waals surface area contributed by atoms with Gasteiger partial charge in [-0.05, 0) is 50.5 Å². The Morgan fingerprint density at radius 1 is 1.08 bits per heavy atom. The van der Waals surface area contributed by atoms with E-state index in [0.29, 0.717) is 0 Å². The molecule has 0 aliphatic carbocycles. The molecule has 5 heteroatoms. The highest BCUT2D eigenvalue weighted by atomic mass is 32.2. The Bertz CT molecular complexity index is 949. The highest BCUT2D eigenvalue weighted by Gasteiger charge is 2.27. The lowest BCUT2D eigenvalue weighted by Crippen LogP contribution is -2.24. The molecular weight excluding hydrogens is 342 g/mol. The first-order valence-electron chi connectivity index (χ1n) is 8.80. The van der Waals surface area contributed by atoms with E-state index in [9.17, 15) is 4.79 Å². The molecule has 1 aromatic heterocycles. The average Bonchev–Trinajstić information content (AvgIpc) is 2.83. The minimum Gasteiger partial charge on any atom is -0.325 e. The number of nitrogens with zero attached hydrogens (tertiary/aromatic N) is 2. The number of benzene rings is 2. The maximum absolute atomic E-state index is 12.8. The Morgan fingerprint density at radius 3 is 2.62 bits per heavy atom. The lowest BCUT2D eigenvalue weighted by atomic mass is 10.1. The third kappa shape index (κ3) is 3.15. The van der Waals surface area contributed by atoms with Gasteiger partial charge in [0.05, 0.1) is 10.9 Å². The normalized spacial score (nSPS) is 16.7. The van der Waals surface area contributed by atoms with Crippen LogP contribution in [0.4, 0.5) is 5.69 Å². The molecule has 1 aliphatic rings. The molecule has 0 bridgehead atoms. The van der Waals surface area contributed by atoms with Crippen LogP contribution in [-0.2, 0) is 11.2 Å². The van der Waals surface area contributed by atoms with Crippen molar-refractivity contribution >= 4 is 23.4 Å². The maximum atomic E-state index is 12.8. The topological polar surface area (TPSA) is 46.9 Å². The van der Waals surface area contributed by atoms with Crippen molar-refractivity contribution in [2.75, 3.05) is 5.32 Å². The number of para-hydroxylation sites is 2. The molecule has 0 saturated carbocycles. The fourth-order valence-electron chi connectivity index (χ4n) is 3.27. The SMILES string of the molecule is Cc1nc(S[C@@H]2CCc3ccccc3NC2=O)n(-c2ccccc2)c1C. The first kappa shape index (κ1) is 16.9. The quantitative estimate of drug-likeness (QED) is 0.743. The van der Waals surface area contributed by atoms with E-state index < -0.39 is 0 Å². The Kier molecular flexibility index (Phi) is 4.55. The molecule has 1 amide bonds. The predicted octanol–water partition coefficient (Wildman–Crippen LogP) is 4.53. The number of carbonyl (C=O) groups excluding carboxylic acids is 1. The maximum Gasteiger partial charge on any atom is 0.237 e. The second kappa shape index (κ2) is 7.00. The van der Waals surface area contributed by atoms with Crippen LogP contribution >= 0.6 is 11.8 Å². The van der Waals surface area contributed by atoms with Crippen LogP contribution in [0.25, 0.3) is 5.69 Å². The molecular formula is C21H21N3OS. The van der Waals surface area contributed by atoms with E-state index in [-0.39, 0.29) is 11.2 Å². The molecule has 132 valence electrons. The van der Waals surface area contributed by atoms with Crippen LogP contribution < -0.4 is 5.32 Å². The molecule has 0 spiro atoms. The van der Waals surface area contributed by atoms with Crippen molar-refractivity contribution in [2.45, 2.75) is 37.1 Å². The molecule has 1 N–H and O–H groups in total. The summed E-state index contributed by atoms with van der Waals surface area (Å²) in [7, 11) is 0. The number of imidazole rings is 1. The lowest BCUT2D eigenvalue weighted by Gasteiger charge is -2.15. The lowest BCUT2D eigenvalue weighted by molar-refractivity contribution is -0.115. The first-order chi connectivity index (χ1) is 12.6. The summed E-state index contributed by atoms with van der Waals surface area (Å²) in [5.41, 5.74) is 5.30. The molecule has 3 aromatic rings. The van der Waals surface area contributed by atoms with Crippen LogP contribution in [0.3, 0.4) is 0 Å². The Balaban J connectivity index is 1.64. The summed E-state index contributed by atoms with van der Waals surface area (Å²) in [4.78, 5) is 17.5. The molecule has 0 saturated heterocycles.